The van der Waals surface area contributed by atoms with Crippen molar-refractivity contribution in [3.8, 4) is 0 Å². The largest absolute Gasteiger partial charge is 0.378 e. The lowest BCUT2D eigenvalue weighted by molar-refractivity contribution is 0.0380. The summed E-state index contributed by atoms with van der Waals surface area (Å²) in [6.45, 7) is 7.66. The summed E-state index contributed by atoms with van der Waals surface area (Å²) in [5.41, 5.74) is 0. The maximum Gasteiger partial charge on any atom is 0.0578 e. The van der Waals surface area contributed by atoms with Crippen LogP contribution in [0.15, 0.2) is 0 Å². The second-order valence-corrected chi connectivity index (χ2v) is 4.44. The van der Waals surface area contributed by atoms with Gasteiger partial charge in [0.2, 0.25) is 0 Å². The summed E-state index contributed by atoms with van der Waals surface area (Å²) in [5.74, 6) is 1.63. The molecule has 12 heavy (non-hydrogen) atoms. The molecule has 1 rings (SSSR count). The molecule has 0 spiro atoms. The first-order chi connectivity index (χ1) is 5.72. The lowest BCUT2D eigenvalue weighted by Crippen LogP contribution is -2.12. The standard InChI is InChI=1S/C11H22O/c1-4-10-5-6-11(7-10)12-8-9(2)3/h9-11H,4-8H2,1-3H3. The van der Waals surface area contributed by atoms with Crippen molar-refractivity contribution in [1.82, 2.24) is 0 Å². The van der Waals surface area contributed by atoms with Crippen LogP contribution in [0.25, 0.3) is 0 Å². The van der Waals surface area contributed by atoms with Gasteiger partial charge in [0, 0.05) is 6.61 Å². The number of hydrogen-bond donors (Lipinski definition) is 0. The molecular weight excluding hydrogens is 148 g/mol. The van der Waals surface area contributed by atoms with E-state index in [4.69, 9.17) is 4.74 Å². The highest BCUT2D eigenvalue weighted by Crippen LogP contribution is 2.30. The van der Waals surface area contributed by atoms with Crippen LogP contribution in [0.3, 0.4) is 0 Å². The summed E-state index contributed by atoms with van der Waals surface area (Å²) in [7, 11) is 0. The van der Waals surface area contributed by atoms with Crippen LogP contribution >= 0.6 is 0 Å². The quantitative estimate of drug-likeness (QED) is 0.629. The molecule has 0 aromatic heterocycles. The van der Waals surface area contributed by atoms with Gasteiger partial charge in [0.15, 0.2) is 0 Å². The van der Waals surface area contributed by atoms with E-state index in [1.165, 1.54) is 25.7 Å². The maximum absolute atomic E-state index is 5.80. The molecule has 0 aliphatic heterocycles. The van der Waals surface area contributed by atoms with E-state index in [0.29, 0.717) is 12.0 Å². The molecule has 0 bridgehead atoms. The van der Waals surface area contributed by atoms with E-state index in [0.717, 1.165) is 12.5 Å². The number of hydrogen-bond acceptors (Lipinski definition) is 1. The molecule has 0 aromatic rings. The van der Waals surface area contributed by atoms with Gasteiger partial charge in [0.05, 0.1) is 6.10 Å². The summed E-state index contributed by atoms with van der Waals surface area (Å²) in [4.78, 5) is 0. The average Bonchev–Trinajstić information content (AvgIpc) is 2.48. The van der Waals surface area contributed by atoms with Crippen LogP contribution in [0.4, 0.5) is 0 Å². The average molecular weight is 170 g/mol. The van der Waals surface area contributed by atoms with E-state index in [-0.39, 0.29) is 0 Å². The van der Waals surface area contributed by atoms with E-state index in [9.17, 15) is 0 Å². The number of rotatable bonds is 4. The molecule has 1 aliphatic rings. The summed E-state index contributed by atoms with van der Waals surface area (Å²) < 4.78 is 5.80. The molecule has 1 heteroatoms. The topological polar surface area (TPSA) is 9.23 Å². The fraction of sp³-hybridized carbons (Fsp3) is 1.00. The Labute approximate surface area is 76.5 Å². The zero-order valence-corrected chi connectivity index (χ0v) is 8.68. The SMILES string of the molecule is CCC1CCC(OCC(C)C)C1. The molecule has 2 unspecified atom stereocenters. The molecule has 0 heterocycles. The van der Waals surface area contributed by atoms with Gasteiger partial charge in [-0.15, -0.1) is 0 Å². The van der Waals surface area contributed by atoms with Crippen molar-refractivity contribution in [1.29, 1.82) is 0 Å². The summed E-state index contributed by atoms with van der Waals surface area (Å²) in [5, 5.41) is 0. The molecule has 0 amide bonds. The molecule has 1 aliphatic carbocycles. The lowest BCUT2D eigenvalue weighted by atomic mass is 10.1. The first-order valence-corrected chi connectivity index (χ1v) is 5.34. The Morgan fingerprint density at radius 2 is 2.08 bits per heavy atom. The molecule has 0 radical (unpaired) electrons. The van der Waals surface area contributed by atoms with Gasteiger partial charge in [0.25, 0.3) is 0 Å². The molecule has 0 aromatic carbocycles. The van der Waals surface area contributed by atoms with E-state index >= 15 is 0 Å². The van der Waals surface area contributed by atoms with Crippen LogP contribution in [0.5, 0.6) is 0 Å². The first-order valence-electron chi connectivity index (χ1n) is 5.34. The highest BCUT2D eigenvalue weighted by Gasteiger charge is 2.23. The van der Waals surface area contributed by atoms with Crippen LogP contribution in [0.2, 0.25) is 0 Å². The third-order valence-electron chi connectivity index (χ3n) is 2.74. The lowest BCUT2D eigenvalue weighted by Gasteiger charge is -2.13. The minimum Gasteiger partial charge on any atom is -0.378 e. The Morgan fingerprint density at radius 1 is 1.33 bits per heavy atom. The predicted molar refractivity (Wildman–Crippen MR) is 52.2 cm³/mol. The van der Waals surface area contributed by atoms with Gasteiger partial charge >= 0.3 is 0 Å². The predicted octanol–water partition coefficient (Wildman–Crippen LogP) is 3.24. The molecule has 1 saturated carbocycles. The van der Waals surface area contributed by atoms with Gasteiger partial charge in [-0.25, -0.2) is 0 Å². The molecule has 2 atom stereocenters. The summed E-state index contributed by atoms with van der Waals surface area (Å²) >= 11 is 0. The van der Waals surface area contributed by atoms with Gasteiger partial charge in [-0.1, -0.05) is 27.2 Å². The van der Waals surface area contributed by atoms with Crippen molar-refractivity contribution >= 4 is 0 Å². The fourth-order valence-electron chi connectivity index (χ4n) is 1.88. The Kier molecular flexibility index (Phi) is 4.07. The highest BCUT2D eigenvalue weighted by atomic mass is 16.5. The second kappa shape index (κ2) is 4.86. The third-order valence-corrected chi connectivity index (χ3v) is 2.74. The highest BCUT2D eigenvalue weighted by molar-refractivity contribution is 4.74. The molecule has 1 nitrogen and oxygen atoms in total. The Morgan fingerprint density at radius 3 is 2.58 bits per heavy atom. The fourth-order valence-corrected chi connectivity index (χ4v) is 1.88. The molecule has 0 saturated heterocycles. The van der Waals surface area contributed by atoms with Crippen molar-refractivity contribution in [3.63, 3.8) is 0 Å². The van der Waals surface area contributed by atoms with Crippen molar-refractivity contribution in [2.75, 3.05) is 6.61 Å². The Balaban J connectivity index is 2.11. The Hall–Kier alpha value is -0.0400. The minimum atomic E-state index is 0.581. The van der Waals surface area contributed by atoms with Gasteiger partial charge in [0.1, 0.15) is 0 Å². The van der Waals surface area contributed by atoms with E-state index in [1.54, 1.807) is 0 Å². The third kappa shape index (κ3) is 3.14. The van der Waals surface area contributed by atoms with E-state index < -0.39 is 0 Å². The summed E-state index contributed by atoms with van der Waals surface area (Å²) in [6, 6.07) is 0. The first kappa shape index (κ1) is 10.0. The van der Waals surface area contributed by atoms with Crippen molar-refractivity contribution in [2.45, 2.75) is 52.6 Å². The summed E-state index contributed by atoms with van der Waals surface area (Å²) in [6.07, 6.45) is 5.91. The monoisotopic (exact) mass is 170 g/mol. The van der Waals surface area contributed by atoms with E-state index in [2.05, 4.69) is 20.8 Å². The van der Waals surface area contributed by atoms with Crippen LogP contribution < -0.4 is 0 Å². The normalized spacial score (nSPS) is 30.0. The number of ether oxygens (including phenoxy) is 1. The Bertz CT molecular complexity index is 120. The van der Waals surface area contributed by atoms with Crippen molar-refractivity contribution in [3.05, 3.63) is 0 Å². The van der Waals surface area contributed by atoms with Gasteiger partial charge in [-0.2, -0.15) is 0 Å². The second-order valence-electron chi connectivity index (χ2n) is 4.44. The van der Waals surface area contributed by atoms with Gasteiger partial charge in [-0.3, -0.25) is 0 Å². The maximum atomic E-state index is 5.80. The molecule has 72 valence electrons. The zero-order chi connectivity index (χ0) is 8.97. The van der Waals surface area contributed by atoms with Gasteiger partial charge < -0.3 is 4.74 Å². The van der Waals surface area contributed by atoms with E-state index in [1.807, 2.05) is 0 Å². The van der Waals surface area contributed by atoms with Crippen LogP contribution in [0.1, 0.15) is 46.5 Å². The molecular formula is C11H22O. The zero-order valence-electron chi connectivity index (χ0n) is 8.68. The minimum absolute atomic E-state index is 0.581. The molecule has 0 N–H and O–H groups in total. The van der Waals surface area contributed by atoms with Crippen LogP contribution in [-0.2, 0) is 4.74 Å². The van der Waals surface area contributed by atoms with Crippen LogP contribution in [-0.4, -0.2) is 12.7 Å². The van der Waals surface area contributed by atoms with Crippen molar-refractivity contribution < 1.29 is 4.74 Å². The van der Waals surface area contributed by atoms with Crippen molar-refractivity contribution in [2.24, 2.45) is 11.8 Å². The van der Waals surface area contributed by atoms with Gasteiger partial charge in [-0.05, 0) is 31.1 Å². The smallest absolute Gasteiger partial charge is 0.0578 e. The van der Waals surface area contributed by atoms with Crippen LogP contribution in [0, 0.1) is 11.8 Å². The molecule has 1 fully saturated rings.